The summed E-state index contributed by atoms with van der Waals surface area (Å²) in [4.78, 5) is 13.2. The van der Waals surface area contributed by atoms with Crippen LogP contribution in [0.2, 0.25) is 0 Å². The number of nitrogens with zero attached hydrogens (tertiary/aromatic N) is 2. The maximum atomic E-state index is 15.0. The lowest BCUT2D eigenvalue weighted by molar-refractivity contribution is -0.137. The summed E-state index contributed by atoms with van der Waals surface area (Å²) in [6.07, 6.45) is -4.47. The fourth-order valence-corrected chi connectivity index (χ4v) is 3.96. The molecule has 7 nitrogen and oxygen atoms in total. The Hall–Kier alpha value is -3.80. The van der Waals surface area contributed by atoms with E-state index in [2.05, 4.69) is 20.8 Å². The molecule has 4 rings (SSSR count). The van der Waals surface area contributed by atoms with Crippen LogP contribution in [-0.2, 0) is 23.3 Å². The predicted molar refractivity (Wildman–Crippen MR) is 124 cm³/mol. The van der Waals surface area contributed by atoms with E-state index in [4.69, 9.17) is 9.47 Å². The highest BCUT2D eigenvalue weighted by Gasteiger charge is 2.35. The van der Waals surface area contributed by atoms with Gasteiger partial charge in [0.15, 0.2) is 5.82 Å². The Morgan fingerprint density at radius 1 is 1.11 bits per heavy atom. The highest BCUT2D eigenvalue weighted by Crippen LogP contribution is 2.35. The molecule has 2 N–H and O–H groups in total. The molecular formula is C25H23F5N4O3. The average Bonchev–Trinajstić information content (AvgIpc) is 3.07. The van der Waals surface area contributed by atoms with Crippen molar-refractivity contribution in [3.63, 3.8) is 0 Å². The van der Waals surface area contributed by atoms with Gasteiger partial charge in [0, 0.05) is 17.5 Å². The minimum atomic E-state index is -4.63. The molecule has 1 aliphatic rings. The summed E-state index contributed by atoms with van der Waals surface area (Å²) in [5.41, 5.74) is 0.0347. The summed E-state index contributed by atoms with van der Waals surface area (Å²) in [7, 11) is 0. The van der Waals surface area contributed by atoms with Crippen LogP contribution in [0.4, 0.5) is 27.8 Å². The van der Waals surface area contributed by atoms with Gasteiger partial charge < -0.3 is 20.1 Å². The molecule has 3 aromatic rings. The van der Waals surface area contributed by atoms with E-state index in [1.54, 1.807) is 26.0 Å². The number of amides is 1. The molecule has 0 aliphatic carbocycles. The normalized spacial score (nSPS) is 13.8. The SMILES string of the molecule is Cc1ccc(C(F)(F)CNC(=O)c2c(Oc3cccc(C(F)(F)F)c3)nnc3c2CCOCN3)c(C)c1. The van der Waals surface area contributed by atoms with Crippen LogP contribution in [-0.4, -0.2) is 36.0 Å². The molecule has 0 bridgehead atoms. The molecule has 1 aliphatic heterocycles. The van der Waals surface area contributed by atoms with Crippen molar-refractivity contribution < 1.29 is 36.2 Å². The third kappa shape index (κ3) is 5.96. The van der Waals surface area contributed by atoms with E-state index in [0.717, 1.165) is 23.8 Å². The molecule has 12 heteroatoms. The molecule has 1 aromatic heterocycles. The number of benzene rings is 2. The highest BCUT2D eigenvalue weighted by atomic mass is 19.4. The Bertz CT molecular complexity index is 1310. The number of carbonyl (C=O) groups excluding carboxylic acids is 1. The Morgan fingerprint density at radius 2 is 1.89 bits per heavy atom. The Morgan fingerprint density at radius 3 is 2.62 bits per heavy atom. The van der Waals surface area contributed by atoms with Crippen LogP contribution >= 0.6 is 0 Å². The van der Waals surface area contributed by atoms with Gasteiger partial charge in [-0.05, 0) is 37.6 Å². The topological polar surface area (TPSA) is 85.4 Å². The molecule has 37 heavy (non-hydrogen) atoms. The summed E-state index contributed by atoms with van der Waals surface area (Å²) in [5.74, 6) is -4.83. The third-order valence-electron chi connectivity index (χ3n) is 5.73. The second-order valence-electron chi connectivity index (χ2n) is 8.52. The minimum Gasteiger partial charge on any atom is -0.437 e. The van der Waals surface area contributed by atoms with Gasteiger partial charge in [0.25, 0.3) is 17.7 Å². The van der Waals surface area contributed by atoms with Crippen molar-refractivity contribution in [1.29, 1.82) is 0 Å². The van der Waals surface area contributed by atoms with E-state index in [-0.39, 0.29) is 48.0 Å². The fourth-order valence-electron chi connectivity index (χ4n) is 3.96. The van der Waals surface area contributed by atoms with Crippen molar-refractivity contribution >= 4 is 11.7 Å². The number of aromatic nitrogens is 2. The fraction of sp³-hybridized carbons (Fsp3) is 0.320. The lowest BCUT2D eigenvalue weighted by Gasteiger charge is -2.21. The first-order valence-corrected chi connectivity index (χ1v) is 11.3. The van der Waals surface area contributed by atoms with Crippen molar-refractivity contribution in [2.75, 3.05) is 25.2 Å². The largest absolute Gasteiger partial charge is 0.437 e. The van der Waals surface area contributed by atoms with Gasteiger partial charge in [-0.3, -0.25) is 4.79 Å². The number of rotatable bonds is 6. The number of halogens is 5. The first kappa shape index (κ1) is 26.3. The summed E-state index contributed by atoms with van der Waals surface area (Å²) >= 11 is 0. The number of carbonyl (C=O) groups is 1. The molecule has 0 saturated carbocycles. The first-order valence-electron chi connectivity index (χ1n) is 11.3. The molecule has 2 heterocycles. The molecular weight excluding hydrogens is 499 g/mol. The smallest absolute Gasteiger partial charge is 0.416 e. The number of hydrogen-bond acceptors (Lipinski definition) is 6. The summed E-state index contributed by atoms with van der Waals surface area (Å²) in [6, 6.07) is 8.46. The van der Waals surface area contributed by atoms with Crippen molar-refractivity contribution in [1.82, 2.24) is 15.5 Å². The standard InChI is InChI=1S/C25H23F5N4O3/c1-14-6-7-19(15(2)10-14)24(26,27)12-31-22(35)20-18-8-9-36-13-32-21(18)33-34-23(20)37-17-5-3-4-16(11-17)25(28,29)30/h3-7,10-11H,8-9,12-13H2,1-2H3,(H,31,35)(H,32,33). The molecule has 0 radical (unpaired) electrons. The van der Waals surface area contributed by atoms with Crippen LogP contribution in [0.1, 0.15) is 38.2 Å². The van der Waals surface area contributed by atoms with Gasteiger partial charge in [-0.25, -0.2) is 0 Å². The lowest BCUT2D eigenvalue weighted by Crippen LogP contribution is -2.36. The van der Waals surface area contributed by atoms with E-state index in [1.807, 2.05) is 0 Å². The van der Waals surface area contributed by atoms with Gasteiger partial charge in [-0.2, -0.15) is 22.0 Å². The van der Waals surface area contributed by atoms with E-state index < -0.39 is 36.0 Å². The summed E-state index contributed by atoms with van der Waals surface area (Å²) < 4.78 is 80.3. The van der Waals surface area contributed by atoms with Gasteiger partial charge >= 0.3 is 6.18 Å². The van der Waals surface area contributed by atoms with Crippen LogP contribution < -0.4 is 15.4 Å². The second-order valence-corrected chi connectivity index (χ2v) is 8.52. The first-order chi connectivity index (χ1) is 17.5. The number of ether oxygens (including phenoxy) is 2. The third-order valence-corrected chi connectivity index (χ3v) is 5.73. The van der Waals surface area contributed by atoms with Crippen molar-refractivity contribution in [3.05, 3.63) is 75.8 Å². The average molecular weight is 522 g/mol. The van der Waals surface area contributed by atoms with E-state index in [9.17, 15) is 18.0 Å². The molecule has 0 fully saturated rings. The zero-order chi connectivity index (χ0) is 26.8. The Labute approximate surface area is 209 Å². The number of alkyl halides is 5. The van der Waals surface area contributed by atoms with E-state index in [1.165, 1.54) is 12.1 Å². The Balaban J connectivity index is 1.66. The number of anilines is 1. The monoisotopic (exact) mass is 522 g/mol. The molecule has 1 amide bonds. The van der Waals surface area contributed by atoms with E-state index >= 15 is 8.78 Å². The van der Waals surface area contributed by atoms with Gasteiger partial charge in [-0.1, -0.05) is 29.8 Å². The van der Waals surface area contributed by atoms with Gasteiger partial charge in [0.1, 0.15) is 18.0 Å². The van der Waals surface area contributed by atoms with Gasteiger partial charge in [0.05, 0.1) is 18.7 Å². The molecule has 2 aromatic carbocycles. The summed E-state index contributed by atoms with van der Waals surface area (Å²) in [6.45, 7) is 2.55. The van der Waals surface area contributed by atoms with E-state index in [0.29, 0.717) is 5.56 Å². The van der Waals surface area contributed by atoms with Gasteiger partial charge in [0.2, 0.25) is 0 Å². The lowest BCUT2D eigenvalue weighted by atomic mass is 10.00. The predicted octanol–water partition coefficient (Wildman–Crippen LogP) is 5.37. The maximum Gasteiger partial charge on any atom is 0.416 e. The van der Waals surface area contributed by atoms with Crippen LogP contribution in [0, 0.1) is 13.8 Å². The summed E-state index contributed by atoms with van der Waals surface area (Å²) in [5, 5.41) is 12.8. The number of fused-ring (bicyclic) bond motifs is 1. The molecule has 196 valence electrons. The van der Waals surface area contributed by atoms with Crippen LogP contribution in [0.15, 0.2) is 42.5 Å². The van der Waals surface area contributed by atoms with Crippen molar-refractivity contribution in [2.45, 2.75) is 32.4 Å². The van der Waals surface area contributed by atoms with Crippen LogP contribution in [0.25, 0.3) is 0 Å². The number of hydrogen-bond donors (Lipinski definition) is 2. The quantitative estimate of drug-likeness (QED) is 0.424. The van der Waals surface area contributed by atoms with Gasteiger partial charge in [-0.15, -0.1) is 10.2 Å². The van der Waals surface area contributed by atoms with Crippen LogP contribution in [0.3, 0.4) is 0 Å². The molecule has 0 unspecified atom stereocenters. The van der Waals surface area contributed by atoms with Crippen LogP contribution in [0.5, 0.6) is 11.6 Å². The molecule has 0 atom stereocenters. The minimum absolute atomic E-state index is 0.0708. The molecule has 0 saturated heterocycles. The maximum absolute atomic E-state index is 15.0. The number of aryl methyl sites for hydroxylation is 2. The zero-order valence-corrected chi connectivity index (χ0v) is 19.9. The van der Waals surface area contributed by atoms with Crippen molar-refractivity contribution in [3.8, 4) is 11.6 Å². The second kappa shape index (κ2) is 10.3. The Kier molecular flexibility index (Phi) is 7.30. The zero-order valence-electron chi connectivity index (χ0n) is 19.9. The number of nitrogens with one attached hydrogen (secondary N) is 2. The highest BCUT2D eigenvalue weighted by molar-refractivity contribution is 5.99. The molecule has 0 spiro atoms. The van der Waals surface area contributed by atoms with Crippen molar-refractivity contribution in [2.24, 2.45) is 0 Å².